The third kappa shape index (κ3) is 21.7. The third-order valence-electron chi connectivity index (χ3n) is 14.0. The van der Waals surface area contributed by atoms with Gasteiger partial charge in [-0.1, -0.05) is 36.4 Å². The number of fused-ring (bicyclic) bond motifs is 4. The van der Waals surface area contributed by atoms with Crippen LogP contribution in [-0.2, 0) is 68.3 Å². The van der Waals surface area contributed by atoms with E-state index in [-0.39, 0.29) is 64.8 Å². The molecule has 4 saturated heterocycles. The van der Waals surface area contributed by atoms with Gasteiger partial charge in [-0.05, 0) is 115 Å². The SMILES string of the molecule is CC(=O)N1CCC2(CCNCC2)c2ccccc21.CC(=O)O.CC(=O)OOC(C)=O.CCOC(=O)N1CCC(=O)CC1.CCOC(=O)N1CCC(N2CCC3(CCN(C(C)=O)c4ccccc43)CC2)CC1.[B-]OC(C)=O.[Na+]. The number of Topliss-reactive ketones (excluding diaryl/α,β-unsaturated/α-hetero) is 1. The summed E-state index contributed by atoms with van der Waals surface area (Å²) in [7, 11) is 4.32. The van der Waals surface area contributed by atoms with Gasteiger partial charge < -0.3 is 57.1 Å². The number of carbonyl (C=O) groups is 9. The molecule has 0 aromatic heterocycles. The minimum Gasteiger partial charge on any atom is -0.793 e. The molecule has 419 valence electrons. The van der Waals surface area contributed by atoms with Gasteiger partial charge in [0.25, 0.3) is 5.97 Å². The Kier molecular flexibility index (Phi) is 30.2. The first-order valence-electron chi connectivity index (χ1n) is 26.1. The van der Waals surface area contributed by atoms with Crippen LogP contribution in [0.25, 0.3) is 0 Å². The number of hydrogen-bond donors (Lipinski definition) is 2. The van der Waals surface area contributed by atoms with Crippen molar-refractivity contribution in [1.29, 1.82) is 0 Å². The second-order valence-corrected chi connectivity index (χ2v) is 19.1. The van der Waals surface area contributed by atoms with Gasteiger partial charge in [-0.3, -0.25) is 24.0 Å². The van der Waals surface area contributed by atoms with Crippen molar-refractivity contribution < 1.29 is 102 Å². The zero-order valence-corrected chi connectivity index (χ0v) is 48.7. The van der Waals surface area contributed by atoms with E-state index in [1.165, 1.54) is 30.9 Å². The Morgan fingerprint density at radius 2 is 0.948 bits per heavy atom. The van der Waals surface area contributed by atoms with Crippen LogP contribution in [0.5, 0.6) is 0 Å². The van der Waals surface area contributed by atoms with Gasteiger partial charge in [0.05, 0.1) is 13.2 Å². The number of ether oxygens (including phenoxy) is 2. The van der Waals surface area contributed by atoms with Gasteiger partial charge in [0, 0.05) is 122 Å². The van der Waals surface area contributed by atoms with E-state index >= 15 is 0 Å². The van der Waals surface area contributed by atoms with Crippen molar-refractivity contribution in [2.75, 3.05) is 88.5 Å². The van der Waals surface area contributed by atoms with Crippen molar-refractivity contribution in [3.8, 4) is 0 Å². The summed E-state index contributed by atoms with van der Waals surface area (Å²) in [6.07, 6.45) is 9.36. The van der Waals surface area contributed by atoms with Gasteiger partial charge in [-0.25, -0.2) is 29.0 Å². The number of nitrogens with one attached hydrogen (secondary N) is 1. The van der Waals surface area contributed by atoms with Gasteiger partial charge >= 0.3 is 53.7 Å². The molecule has 2 aromatic rings. The van der Waals surface area contributed by atoms with Crippen LogP contribution in [0.15, 0.2) is 48.5 Å². The first kappa shape index (κ1) is 67.6. The van der Waals surface area contributed by atoms with E-state index in [0.717, 1.165) is 123 Å². The molecule has 4 amide bonds. The van der Waals surface area contributed by atoms with Crippen molar-refractivity contribution >= 4 is 73.1 Å². The molecular formula is C54H79BN6NaO15. The Morgan fingerprint density at radius 3 is 1.31 bits per heavy atom. The molecule has 0 saturated carbocycles. The van der Waals surface area contributed by atoms with E-state index < -0.39 is 23.9 Å². The molecule has 23 heteroatoms. The van der Waals surface area contributed by atoms with Crippen molar-refractivity contribution in [3.05, 3.63) is 59.7 Å². The van der Waals surface area contributed by atoms with Crippen LogP contribution in [-0.4, -0.2) is 166 Å². The summed E-state index contributed by atoms with van der Waals surface area (Å²) in [4.78, 5) is 113. The number of aliphatic carboxylic acids is 1. The Bertz CT molecular complexity index is 2240. The fourth-order valence-electron chi connectivity index (χ4n) is 10.3. The third-order valence-corrected chi connectivity index (χ3v) is 14.0. The Balaban J connectivity index is 0.000000361. The minimum absolute atomic E-state index is 0. The quantitative estimate of drug-likeness (QED) is 0.255. The predicted molar refractivity (Wildman–Crippen MR) is 283 cm³/mol. The number of para-hydroxylation sites is 2. The molecule has 2 spiro atoms. The number of anilines is 2. The molecule has 21 nitrogen and oxygen atoms in total. The van der Waals surface area contributed by atoms with Crippen molar-refractivity contribution in [3.63, 3.8) is 0 Å². The number of piperidine rings is 4. The van der Waals surface area contributed by atoms with Crippen molar-refractivity contribution in [1.82, 2.24) is 20.0 Å². The van der Waals surface area contributed by atoms with Gasteiger partial charge in [0.1, 0.15) is 5.78 Å². The summed E-state index contributed by atoms with van der Waals surface area (Å²) in [5.74, 6) is -2.05. The second kappa shape index (κ2) is 34.4. The topological polar surface area (TPSA) is 248 Å². The predicted octanol–water partition coefficient (Wildman–Crippen LogP) is 3.03. The van der Waals surface area contributed by atoms with Gasteiger partial charge in [0.2, 0.25) is 17.8 Å². The smallest absolute Gasteiger partial charge is 0.793 e. The molecule has 77 heavy (non-hydrogen) atoms. The molecule has 0 unspecified atom stereocenters. The number of ketones is 1. The molecule has 6 aliphatic heterocycles. The van der Waals surface area contributed by atoms with Crippen LogP contribution in [0, 0.1) is 0 Å². The second-order valence-electron chi connectivity index (χ2n) is 19.1. The first-order valence-corrected chi connectivity index (χ1v) is 26.1. The van der Waals surface area contributed by atoms with Crippen LogP contribution in [0.4, 0.5) is 21.0 Å². The molecule has 3 radical (unpaired) electrons. The van der Waals surface area contributed by atoms with Crippen molar-refractivity contribution in [2.45, 2.75) is 136 Å². The normalized spacial score (nSPS) is 17.9. The average Bonchev–Trinajstić information content (AvgIpc) is 3.40. The maximum absolute atomic E-state index is 12.1. The molecule has 0 bridgehead atoms. The van der Waals surface area contributed by atoms with Crippen LogP contribution < -0.4 is 44.7 Å². The minimum atomic E-state index is -0.833. The van der Waals surface area contributed by atoms with Crippen LogP contribution >= 0.6 is 0 Å². The van der Waals surface area contributed by atoms with Crippen molar-refractivity contribution in [2.24, 2.45) is 0 Å². The molecule has 6 heterocycles. The number of benzene rings is 2. The van der Waals surface area contributed by atoms with Gasteiger partial charge in [-0.15, -0.1) is 0 Å². The van der Waals surface area contributed by atoms with Crippen LogP contribution in [0.3, 0.4) is 0 Å². The van der Waals surface area contributed by atoms with E-state index in [1.54, 1.807) is 25.7 Å². The molecular weight excluding hydrogens is 1010 g/mol. The average molecular weight is 1090 g/mol. The zero-order valence-electron chi connectivity index (χ0n) is 46.7. The molecule has 8 rings (SSSR count). The summed E-state index contributed by atoms with van der Waals surface area (Å²) < 4.78 is 13.5. The van der Waals surface area contributed by atoms with E-state index in [1.807, 2.05) is 33.8 Å². The number of carboxylic acid groups (broad SMARTS) is 1. The number of carbonyl (C=O) groups excluding carboxylic acids is 8. The maximum atomic E-state index is 12.1. The fourth-order valence-corrected chi connectivity index (χ4v) is 10.3. The van der Waals surface area contributed by atoms with Gasteiger partial charge in [-0.2, -0.15) is 0 Å². The molecule has 6 aliphatic rings. The Hall–Kier alpha value is -5.55. The number of likely N-dealkylation sites (tertiary alicyclic amines) is 3. The number of rotatable bonds is 3. The Morgan fingerprint density at radius 1 is 0.584 bits per heavy atom. The molecule has 0 aliphatic carbocycles. The summed E-state index contributed by atoms with van der Waals surface area (Å²) in [6, 6.07) is 17.5. The van der Waals surface area contributed by atoms with E-state index in [2.05, 4.69) is 69.1 Å². The Labute approximate surface area is 477 Å². The molecule has 2 aromatic carbocycles. The van der Waals surface area contributed by atoms with Gasteiger partial charge in [0.15, 0.2) is 0 Å². The molecule has 4 fully saturated rings. The van der Waals surface area contributed by atoms with E-state index in [4.69, 9.17) is 19.4 Å². The summed E-state index contributed by atoms with van der Waals surface area (Å²) in [6.45, 7) is 21.1. The summed E-state index contributed by atoms with van der Waals surface area (Å²) in [5, 5.41) is 10.9. The summed E-state index contributed by atoms with van der Waals surface area (Å²) in [5.41, 5.74) is 5.49. The maximum Gasteiger partial charge on any atom is 1.00 e. The monoisotopic (exact) mass is 1090 g/mol. The number of amides is 4. The molecule has 0 atom stereocenters. The molecule has 2 N–H and O–H groups in total. The summed E-state index contributed by atoms with van der Waals surface area (Å²) >= 11 is 0. The van der Waals surface area contributed by atoms with Crippen LogP contribution in [0.1, 0.15) is 131 Å². The number of nitrogens with zero attached hydrogens (tertiary/aromatic N) is 5. The number of hydrogen-bond acceptors (Lipinski definition) is 16. The largest absolute Gasteiger partial charge is 1.00 e. The van der Waals surface area contributed by atoms with Crippen LogP contribution in [0.2, 0.25) is 0 Å². The van der Waals surface area contributed by atoms with E-state index in [0.29, 0.717) is 50.6 Å². The number of carboxylic acids is 1. The first-order chi connectivity index (χ1) is 36.1. The fraction of sp³-hybridized carbons (Fsp3) is 0.611. The zero-order chi connectivity index (χ0) is 56.4. The standard InChI is InChI=1S/C23H33N3O3.C15H20N2O.C8H13NO3.C4H6O4.C2H3BO2.C2H4O2.Na/c1-3-29-22(28)25-13-8-19(9-14-25)24-15-10-23(11-16-24)12-17-26(18(2)27)21-7-5-4-6-20(21)23;1-12(18)17-11-8-15(6-9-16-10-7-15)13-4-2-3-5-14(13)17;1-2-12-8(11)9-5-3-7(10)4-6-9;1-3(5)7-8-4(2)6;1-2(4)5-3;1-2(3)4;/h4-7,19H,3,8-17H2,1-2H3;2-5,16H,6-11H2,1H3;2-6H2,1H3;1-2H3;1H3;1H3,(H,3,4);/q;;;;-1;;+1. The van der Waals surface area contributed by atoms with E-state index in [9.17, 15) is 38.4 Å².